The van der Waals surface area contributed by atoms with Crippen LogP contribution >= 0.6 is 0 Å². The van der Waals surface area contributed by atoms with Crippen LogP contribution in [-0.2, 0) is 32.3 Å². The third kappa shape index (κ3) is 7.88. The fourth-order valence-electron chi connectivity index (χ4n) is 2.57. The number of nitrogens with zero attached hydrogens (tertiary/aromatic N) is 2. The van der Waals surface area contributed by atoms with Gasteiger partial charge in [0.1, 0.15) is 11.5 Å². The standard InChI is InChI=1S/C16H20N2O10/c19-11-1-9(3-17(5-12(20)21)6-13(22)23)16(28)10(2-11)4-18(7-14(24)25)8-15(26)27/h1-2,19,28H,3-8H2,(H,20,21)(H,22,23)(H,24,25)(H,26,27). The average molecular weight is 400 g/mol. The van der Waals surface area contributed by atoms with Gasteiger partial charge in [0.15, 0.2) is 0 Å². The SMILES string of the molecule is O=C(O)CN(CC(=O)O)Cc1cc(O)cc(CN(CC(=O)O)CC(=O)O)c1O. The second-order valence-corrected chi connectivity index (χ2v) is 5.98. The third-order valence-corrected chi connectivity index (χ3v) is 3.48. The van der Waals surface area contributed by atoms with Gasteiger partial charge in [-0.2, -0.15) is 0 Å². The summed E-state index contributed by atoms with van der Waals surface area (Å²) >= 11 is 0. The minimum atomic E-state index is -1.30. The molecule has 1 rings (SSSR count). The summed E-state index contributed by atoms with van der Waals surface area (Å²) in [4.78, 5) is 45.5. The normalized spacial score (nSPS) is 10.9. The monoisotopic (exact) mass is 400 g/mol. The van der Waals surface area contributed by atoms with E-state index in [0.717, 1.165) is 21.9 Å². The van der Waals surface area contributed by atoms with E-state index in [1.54, 1.807) is 0 Å². The smallest absolute Gasteiger partial charge is 0.317 e. The Kier molecular flexibility index (Phi) is 8.16. The Hall–Kier alpha value is -3.38. The lowest BCUT2D eigenvalue weighted by molar-refractivity contribution is -0.144. The maximum absolute atomic E-state index is 10.9. The highest BCUT2D eigenvalue weighted by molar-refractivity contribution is 5.73. The Bertz CT molecular complexity index is 673. The van der Waals surface area contributed by atoms with E-state index >= 15 is 0 Å². The molecule has 1 aromatic rings. The quantitative estimate of drug-likeness (QED) is 0.235. The van der Waals surface area contributed by atoms with Gasteiger partial charge in [0.25, 0.3) is 0 Å². The number of rotatable bonds is 12. The van der Waals surface area contributed by atoms with Crippen LogP contribution in [0.4, 0.5) is 0 Å². The van der Waals surface area contributed by atoms with Gasteiger partial charge in [0.2, 0.25) is 0 Å². The molecule has 0 unspecified atom stereocenters. The van der Waals surface area contributed by atoms with Crippen LogP contribution in [0.25, 0.3) is 0 Å². The lowest BCUT2D eigenvalue weighted by Gasteiger charge is -2.22. The molecule has 154 valence electrons. The minimum absolute atomic E-state index is 0.00287. The first kappa shape index (κ1) is 22.7. The van der Waals surface area contributed by atoms with Crippen molar-refractivity contribution >= 4 is 23.9 Å². The van der Waals surface area contributed by atoms with Crippen molar-refractivity contribution in [1.29, 1.82) is 0 Å². The first-order chi connectivity index (χ1) is 13.0. The molecule has 12 nitrogen and oxygen atoms in total. The number of aliphatic carboxylic acids is 4. The fraction of sp³-hybridized carbons (Fsp3) is 0.375. The van der Waals surface area contributed by atoms with E-state index in [4.69, 9.17) is 20.4 Å². The van der Waals surface area contributed by atoms with Crippen molar-refractivity contribution in [3.63, 3.8) is 0 Å². The molecule has 0 aliphatic carbocycles. The summed E-state index contributed by atoms with van der Waals surface area (Å²) in [6.45, 7) is -3.21. The number of carboxylic acid groups (broad SMARTS) is 4. The molecule has 12 heteroatoms. The van der Waals surface area contributed by atoms with Gasteiger partial charge in [0.05, 0.1) is 26.2 Å². The largest absolute Gasteiger partial charge is 0.508 e. The summed E-state index contributed by atoms with van der Waals surface area (Å²) in [5, 5.41) is 55.8. The summed E-state index contributed by atoms with van der Waals surface area (Å²) < 4.78 is 0. The molecule has 0 heterocycles. The zero-order valence-electron chi connectivity index (χ0n) is 14.6. The van der Waals surface area contributed by atoms with Gasteiger partial charge >= 0.3 is 23.9 Å². The van der Waals surface area contributed by atoms with Crippen LogP contribution < -0.4 is 0 Å². The number of hydrogen-bond acceptors (Lipinski definition) is 8. The summed E-state index contributed by atoms with van der Waals surface area (Å²) in [6, 6.07) is 2.21. The molecule has 0 aliphatic rings. The Balaban J connectivity index is 3.14. The zero-order chi connectivity index (χ0) is 21.4. The molecule has 1 aromatic carbocycles. The molecule has 0 saturated heterocycles. The Morgan fingerprint density at radius 2 is 0.929 bits per heavy atom. The maximum Gasteiger partial charge on any atom is 0.317 e. The van der Waals surface area contributed by atoms with Crippen LogP contribution in [0.15, 0.2) is 12.1 Å². The molecule has 0 radical (unpaired) electrons. The number of benzene rings is 1. The summed E-state index contributed by atoms with van der Waals surface area (Å²) in [7, 11) is 0. The van der Waals surface area contributed by atoms with Gasteiger partial charge in [-0.25, -0.2) is 0 Å². The van der Waals surface area contributed by atoms with Crippen molar-refractivity contribution in [2.24, 2.45) is 0 Å². The van der Waals surface area contributed by atoms with Crippen LogP contribution in [0.1, 0.15) is 11.1 Å². The molecule has 28 heavy (non-hydrogen) atoms. The topological polar surface area (TPSA) is 196 Å². The zero-order valence-corrected chi connectivity index (χ0v) is 14.6. The molecule has 0 saturated carbocycles. The van der Waals surface area contributed by atoms with Gasteiger partial charge in [0, 0.05) is 24.2 Å². The summed E-state index contributed by atoms with van der Waals surface area (Å²) in [6.07, 6.45) is 0. The Morgan fingerprint density at radius 3 is 1.18 bits per heavy atom. The van der Waals surface area contributed by atoms with Crippen molar-refractivity contribution in [3.05, 3.63) is 23.3 Å². The van der Waals surface area contributed by atoms with Crippen LogP contribution in [0.5, 0.6) is 11.5 Å². The highest BCUT2D eigenvalue weighted by Crippen LogP contribution is 2.30. The second-order valence-electron chi connectivity index (χ2n) is 5.98. The molecular formula is C16H20N2O10. The number of hydrogen-bond donors (Lipinski definition) is 6. The van der Waals surface area contributed by atoms with Gasteiger partial charge in [-0.15, -0.1) is 0 Å². The number of carboxylic acids is 4. The lowest BCUT2D eigenvalue weighted by atomic mass is 10.1. The lowest BCUT2D eigenvalue weighted by Crippen LogP contribution is -2.34. The highest BCUT2D eigenvalue weighted by Gasteiger charge is 2.20. The van der Waals surface area contributed by atoms with E-state index in [9.17, 15) is 29.4 Å². The molecule has 0 bridgehead atoms. The highest BCUT2D eigenvalue weighted by atomic mass is 16.4. The molecule has 0 amide bonds. The molecule has 0 spiro atoms. The second kappa shape index (κ2) is 10.1. The third-order valence-electron chi connectivity index (χ3n) is 3.48. The predicted octanol–water partition coefficient (Wildman–Crippen LogP) is -0.960. The van der Waals surface area contributed by atoms with Crippen LogP contribution in [0.3, 0.4) is 0 Å². The van der Waals surface area contributed by atoms with E-state index in [2.05, 4.69) is 0 Å². The van der Waals surface area contributed by atoms with E-state index < -0.39 is 55.8 Å². The molecule has 0 fully saturated rings. The molecule has 0 atom stereocenters. The maximum atomic E-state index is 10.9. The summed E-state index contributed by atoms with van der Waals surface area (Å²) in [5.41, 5.74) is 0.00574. The van der Waals surface area contributed by atoms with Crippen molar-refractivity contribution in [2.45, 2.75) is 13.1 Å². The Morgan fingerprint density at radius 1 is 0.643 bits per heavy atom. The number of aromatic hydroxyl groups is 2. The van der Waals surface area contributed by atoms with Gasteiger partial charge in [-0.05, 0) is 12.1 Å². The molecule has 0 aromatic heterocycles. The number of phenolic OH excluding ortho intramolecular Hbond substituents is 2. The van der Waals surface area contributed by atoms with E-state index in [1.807, 2.05) is 0 Å². The van der Waals surface area contributed by atoms with Gasteiger partial charge < -0.3 is 30.6 Å². The van der Waals surface area contributed by atoms with Crippen LogP contribution in [0.2, 0.25) is 0 Å². The van der Waals surface area contributed by atoms with Crippen LogP contribution in [0, 0.1) is 0 Å². The van der Waals surface area contributed by atoms with E-state index in [-0.39, 0.29) is 30.0 Å². The predicted molar refractivity (Wildman–Crippen MR) is 90.9 cm³/mol. The van der Waals surface area contributed by atoms with E-state index in [0.29, 0.717) is 0 Å². The van der Waals surface area contributed by atoms with Crippen LogP contribution in [-0.4, -0.2) is 90.5 Å². The Labute approximate surface area is 158 Å². The van der Waals surface area contributed by atoms with Gasteiger partial charge in [-0.1, -0.05) is 0 Å². The van der Waals surface area contributed by atoms with Crippen molar-refractivity contribution < 1.29 is 49.8 Å². The average Bonchev–Trinajstić information content (AvgIpc) is 2.49. The summed E-state index contributed by atoms with van der Waals surface area (Å²) in [5.74, 6) is -5.96. The fourth-order valence-corrected chi connectivity index (χ4v) is 2.57. The molecular weight excluding hydrogens is 380 g/mol. The van der Waals surface area contributed by atoms with Gasteiger partial charge in [-0.3, -0.25) is 29.0 Å². The number of carbonyl (C=O) groups is 4. The van der Waals surface area contributed by atoms with Crippen molar-refractivity contribution in [2.75, 3.05) is 26.2 Å². The number of phenols is 2. The van der Waals surface area contributed by atoms with Crippen molar-refractivity contribution in [3.8, 4) is 11.5 Å². The minimum Gasteiger partial charge on any atom is -0.508 e. The van der Waals surface area contributed by atoms with Crippen molar-refractivity contribution in [1.82, 2.24) is 9.80 Å². The molecule has 0 aliphatic heterocycles. The first-order valence-electron chi connectivity index (χ1n) is 7.83. The first-order valence-corrected chi connectivity index (χ1v) is 7.83. The molecule has 6 N–H and O–H groups in total. The van der Waals surface area contributed by atoms with E-state index in [1.165, 1.54) is 0 Å².